The number of aliphatic hydroxyl groups is 2. The van der Waals surface area contributed by atoms with Crippen LogP contribution in [0.15, 0.2) is 0 Å². The van der Waals surface area contributed by atoms with Gasteiger partial charge in [-0.1, -0.05) is 0 Å². The highest BCUT2D eigenvalue weighted by atomic mass is 16.3. The minimum absolute atomic E-state index is 0.144. The molecular weight excluding hydrogens is 154 g/mol. The van der Waals surface area contributed by atoms with Gasteiger partial charge in [0.15, 0.2) is 0 Å². The SMILES string of the molecule is OCC1(CO)CN2CCC1CC2. The molecule has 0 aliphatic carbocycles. The van der Waals surface area contributed by atoms with Crippen molar-refractivity contribution in [3.05, 3.63) is 0 Å². The fourth-order valence-corrected chi connectivity index (χ4v) is 2.69. The summed E-state index contributed by atoms with van der Waals surface area (Å²) in [5, 5.41) is 18.6. The number of hydrogen-bond acceptors (Lipinski definition) is 3. The van der Waals surface area contributed by atoms with Crippen molar-refractivity contribution in [2.24, 2.45) is 11.3 Å². The first-order valence-corrected chi connectivity index (χ1v) is 4.75. The van der Waals surface area contributed by atoms with Crippen molar-refractivity contribution in [2.45, 2.75) is 12.8 Å². The normalized spacial score (nSPS) is 38.5. The number of hydrogen-bond donors (Lipinski definition) is 2. The van der Waals surface area contributed by atoms with Gasteiger partial charge in [-0.15, -0.1) is 0 Å². The first-order valence-electron chi connectivity index (χ1n) is 4.75. The second kappa shape index (κ2) is 2.98. The fourth-order valence-electron chi connectivity index (χ4n) is 2.69. The molecule has 0 aromatic heterocycles. The van der Waals surface area contributed by atoms with Crippen LogP contribution in [0.4, 0.5) is 0 Å². The van der Waals surface area contributed by atoms with Gasteiger partial charge in [0.25, 0.3) is 0 Å². The molecular formula is C9H17NO2. The molecule has 0 unspecified atom stereocenters. The van der Waals surface area contributed by atoms with Crippen LogP contribution in [-0.4, -0.2) is 48.0 Å². The third kappa shape index (κ3) is 1.08. The fraction of sp³-hybridized carbons (Fsp3) is 1.00. The Hall–Kier alpha value is -0.120. The van der Waals surface area contributed by atoms with Crippen LogP contribution >= 0.6 is 0 Å². The van der Waals surface area contributed by atoms with Crippen LogP contribution in [-0.2, 0) is 0 Å². The molecule has 3 heteroatoms. The van der Waals surface area contributed by atoms with E-state index >= 15 is 0 Å². The Morgan fingerprint density at radius 3 is 2.00 bits per heavy atom. The molecule has 3 aliphatic heterocycles. The predicted molar refractivity (Wildman–Crippen MR) is 45.8 cm³/mol. The Morgan fingerprint density at radius 2 is 1.75 bits per heavy atom. The summed E-state index contributed by atoms with van der Waals surface area (Å²) in [7, 11) is 0. The summed E-state index contributed by atoms with van der Waals surface area (Å²) in [5.74, 6) is 0.553. The van der Waals surface area contributed by atoms with Gasteiger partial charge >= 0.3 is 0 Å². The highest BCUT2D eigenvalue weighted by Crippen LogP contribution is 2.41. The zero-order valence-corrected chi connectivity index (χ0v) is 7.37. The summed E-state index contributed by atoms with van der Waals surface area (Å²) in [6.07, 6.45) is 2.31. The van der Waals surface area contributed by atoms with Crippen LogP contribution in [0, 0.1) is 11.3 Å². The minimum atomic E-state index is -0.184. The lowest BCUT2D eigenvalue weighted by Crippen LogP contribution is -2.57. The summed E-state index contributed by atoms with van der Waals surface area (Å²) >= 11 is 0. The molecule has 3 rings (SSSR count). The molecule has 3 saturated heterocycles. The molecule has 0 radical (unpaired) electrons. The van der Waals surface area contributed by atoms with E-state index in [1.165, 1.54) is 0 Å². The molecule has 0 aromatic carbocycles. The molecule has 0 spiro atoms. The Balaban J connectivity index is 2.15. The third-order valence-electron chi connectivity index (χ3n) is 3.62. The zero-order chi connectivity index (χ0) is 8.60. The van der Waals surface area contributed by atoms with Crippen molar-refractivity contribution in [1.82, 2.24) is 4.90 Å². The Morgan fingerprint density at radius 1 is 1.17 bits per heavy atom. The summed E-state index contributed by atoms with van der Waals surface area (Å²) in [5.41, 5.74) is -0.184. The molecule has 3 fully saturated rings. The van der Waals surface area contributed by atoms with Gasteiger partial charge in [-0.3, -0.25) is 0 Å². The van der Waals surface area contributed by atoms with Gasteiger partial charge in [0.1, 0.15) is 0 Å². The molecule has 12 heavy (non-hydrogen) atoms. The highest BCUT2D eigenvalue weighted by Gasteiger charge is 2.45. The van der Waals surface area contributed by atoms with Gasteiger partial charge in [-0.05, 0) is 31.8 Å². The quantitative estimate of drug-likeness (QED) is 0.598. The van der Waals surface area contributed by atoms with E-state index in [4.69, 9.17) is 0 Å². The number of rotatable bonds is 2. The van der Waals surface area contributed by atoms with Gasteiger partial charge in [-0.25, -0.2) is 0 Å². The maximum Gasteiger partial charge on any atom is 0.0524 e. The van der Waals surface area contributed by atoms with Crippen LogP contribution in [0.2, 0.25) is 0 Å². The maximum atomic E-state index is 9.28. The van der Waals surface area contributed by atoms with Crippen molar-refractivity contribution < 1.29 is 10.2 Å². The molecule has 0 amide bonds. The van der Waals surface area contributed by atoms with E-state index in [1.807, 2.05) is 0 Å². The molecule has 70 valence electrons. The lowest BCUT2D eigenvalue weighted by molar-refractivity contribution is -0.0901. The van der Waals surface area contributed by atoms with E-state index in [0.29, 0.717) is 5.92 Å². The molecule has 3 aliphatic rings. The number of piperidine rings is 3. The average Bonchev–Trinajstić information content (AvgIpc) is 2.19. The van der Waals surface area contributed by atoms with Crippen LogP contribution in [0.3, 0.4) is 0 Å². The summed E-state index contributed by atoms with van der Waals surface area (Å²) in [6, 6.07) is 0. The Labute approximate surface area is 73.0 Å². The van der Waals surface area contributed by atoms with E-state index in [-0.39, 0.29) is 18.6 Å². The minimum Gasteiger partial charge on any atom is -0.396 e. The molecule has 3 nitrogen and oxygen atoms in total. The van der Waals surface area contributed by atoms with E-state index in [0.717, 1.165) is 32.5 Å². The van der Waals surface area contributed by atoms with Crippen molar-refractivity contribution >= 4 is 0 Å². The van der Waals surface area contributed by atoms with Crippen LogP contribution in [0.1, 0.15) is 12.8 Å². The summed E-state index contributed by atoms with van der Waals surface area (Å²) < 4.78 is 0. The van der Waals surface area contributed by atoms with Crippen molar-refractivity contribution in [2.75, 3.05) is 32.8 Å². The van der Waals surface area contributed by atoms with E-state index in [2.05, 4.69) is 4.90 Å². The average molecular weight is 171 g/mol. The Bertz CT molecular complexity index is 160. The summed E-state index contributed by atoms with van der Waals surface area (Å²) in [4.78, 5) is 2.35. The van der Waals surface area contributed by atoms with Crippen molar-refractivity contribution in [1.29, 1.82) is 0 Å². The second-order valence-corrected chi connectivity index (χ2v) is 4.23. The molecule has 2 bridgehead atoms. The maximum absolute atomic E-state index is 9.28. The smallest absolute Gasteiger partial charge is 0.0524 e. The molecule has 2 N–H and O–H groups in total. The Kier molecular flexibility index (Phi) is 2.10. The monoisotopic (exact) mass is 171 g/mol. The number of fused-ring (bicyclic) bond motifs is 3. The topological polar surface area (TPSA) is 43.7 Å². The summed E-state index contributed by atoms with van der Waals surface area (Å²) in [6.45, 7) is 3.50. The molecule has 0 saturated carbocycles. The van der Waals surface area contributed by atoms with Gasteiger partial charge in [0.05, 0.1) is 13.2 Å². The second-order valence-electron chi connectivity index (χ2n) is 4.23. The van der Waals surface area contributed by atoms with Crippen LogP contribution in [0.25, 0.3) is 0 Å². The predicted octanol–water partition coefficient (Wildman–Crippen LogP) is -0.317. The van der Waals surface area contributed by atoms with Crippen molar-refractivity contribution in [3.8, 4) is 0 Å². The largest absolute Gasteiger partial charge is 0.396 e. The first-order chi connectivity index (χ1) is 5.80. The number of aliphatic hydroxyl groups excluding tert-OH is 2. The lowest BCUT2D eigenvalue weighted by Gasteiger charge is -2.51. The van der Waals surface area contributed by atoms with Crippen LogP contribution < -0.4 is 0 Å². The van der Waals surface area contributed by atoms with Crippen LogP contribution in [0.5, 0.6) is 0 Å². The third-order valence-corrected chi connectivity index (χ3v) is 3.62. The van der Waals surface area contributed by atoms with Gasteiger partial charge < -0.3 is 15.1 Å². The van der Waals surface area contributed by atoms with E-state index in [9.17, 15) is 10.2 Å². The van der Waals surface area contributed by atoms with Gasteiger partial charge in [0.2, 0.25) is 0 Å². The van der Waals surface area contributed by atoms with Gasteiger partial charge in [-0.2, -0.15) is 0 Å². The molecule has 0 atom stereocenters. The molecule has 3 heterocycles. The standard InChI is InChI=1S/C9H17NO2/c11-6-9(7-12)5-10-3-1-8(9)2-4-10/h8,11-12H,1-7H2. The lowest BCUT2D eigenvalue weighted by atomic mass is 9.67. The van der Waals surface area contributed by atoms with E-state index in [1.54, 1.807) is 0 Å². The molecule has 0 aromatic rings. The highest BCUT2D eigenvalue weighted by molar-refractivity contribution is 4.96. The number of nitrogens with zero attached hydrogens (tertiary/aromatic N) is 1. The van der Waals surface area contributed by atoms with Gasteiger partial charge in [0, 0.05) is 12.0 Å². The first kappa shape index (κ1) is 8.48. The zero-order valence-electron chi connectivity index (χ0n) is 7.37. The van der Waals surface area contributed by atoms with E-state index < -0.39 is 0 Å². The van der Waals surface area contributed by atoms with Crippen molar-refractivity contribution in [3.63, 3.8) is 0 Å².